The van der Waals surface area contributed by atoms with Crippen LogP contribution in [0.25, 0.3) is 10.6 Å². The van der Waals surface area contributed by atoms with Crippen molar-refractivity contribution in [3.63, 3.8) is 0 Å². The van der Waals surface area contributed by atoms with Gasteiger partial charge in [0.15, 0.2) is 9.84 Å². The second-order valence-corrected chi connectivity index (χ2v) is 12.7. The Kier molecular flexibility index (Phi) is 5.50. The number of amides is 1. The molecule has 0 bridgehead atoms. The summed E-state index contributed by atoms with van der Waals surface area (Å²) < 4.78 is 67.8. The van der Waals surface area contributed by atoms with Gasteiger partial charge in [-0.15, -0.1) is 11.3 Å². The second-order valence-electron chi connectivity index (χ2n) is 9.55. The molecule has 1 amide bonds. The van der Waals surface area contributed by atoms with Crippen LogP contribution in [-0.4, -0.2) is 47.5 Å². The summed E-state index contributed by atoms with van der Waals surface area (Å²) in [6.45, 7) is 0.0723. The molecule has 13 heteroatoms. The Morgan fingerprint density at radius 2 is 1.89 bits per heavy atom. The van der Waals surface area contributed by atoms with Crippen LogP contribution in [0.5, 0.6) is 0 Å². The smallest absolute Gasteiger partial charge is 0.399 e. The van der Waals surface area contributed by atoms with Crippen molar-refractivity contribution in [1.29, 1.82) is 0 Å². The van der Waals surface area contributed by atoms with E-state index in [1.165, 1.54) is 4.90 Å². The average molecular weight is 550 g/mol. The van der Waals surface area contributed by atoms with Crippen molar-refractivity contribution in [1.82, 2.24) is 14.9 Å². The Bertz CT molecular complexity index is 1530. The van der Waals surface area contributed by atoms with Crippen LogP contribution in [0, 0.1) is 0 Å². The lowest BCUT2D eigenvalue weighted by Crippen LogP contribution is -2.34. The first kappa shape index (κ1) is 24.2. The van der Waals surface area contributed by atoms with Gasteiger partial charge in [-0.2, -0.15) is 13.2 Å². The van der Waals surface area contributed by atoms with Crippen molar-refractivity contribution < 1.29 is 26.4 Å². The van der Waals surface area contributed by atoms with E-state index in [0.29, 0.717) is 23.5 Å². The van der Waals surface area contributed by atoms with Gasteiger partial charge in [-0.3, -0.25) is 4.79 Å². The van der Waals surface area contributed by atoms with E-state index in [-0.39, 0.29) is 38.9 Å². The minimum Gasteiger partial charge on any atom is -0.399 e. The predicted molar refractivity (Wildman–Crippen MR) is 133 cm³/mol. The first-order chi connectivity index (χ1) is 17.5. The van der Waals surface area contributed by atoms with Crippen LogP contribution in [0.15, 0.2) is 35.4 Å². The Morgan fingerprint density at radius 1 is 1.14 bits per heavy atom. The minimum absolute atomic E-state index is 0.0274. The van der Waals surface area contributed by atoms with Crippen LogP contribution in [0.3, 0.4) is 0 Å². The van der Waals surface area contributed by atoms with E-state index < -0.39 is 33.2 Å². The number of aromatic nitrogens is 2. The van der Waals surface area contributed by atoms with Crippen LogP contribution >= 0.6 is 11.3 Å². The second kappa shape index (κ2) is 8.42. The molecule has 1 aliphatic heterocycles. The Balaban J connectivity index is 1.44. The molecule has 0 unspecified atom stereocenters. The van der Waals surface area contributed by atoms with Crippen LogP contribution in [0.4, 0.5) is 30.5 Å². The normalized spacial score (nSPS) is 19.4. The molecule has 37 heavy (non-hydrogen) atoms. The highest BCUT2D eigenvalue weighted by Crippen LogP contribution is 2.46. The number of hydrogen-bond acceptors (Lipinski definition) is 8. The fraction of sp³-hybridized carbons (Fsp3) is 0.375. The van der Waals surface area contributed by atoms with Crippen molar-refractivity contribution >= 4 is 44.4 Å². The van der Waals surface area contributed by atoms with E-state index in [0.717, 1.165) is 48.6 Å². The fourth-order valence-corrected chi connectivity index (χ4v) is 7.47. The summed E-state index contributed by atoms with van der Waals surface area (Å²) in [6.07, 6.45) is -0.579. The molecule has 0 saturated heterocycles. The topological polar surface area (TPSA) is 118 Å². The maximum atomic E-state index is 14.0. The summed E-state index contributed by atoms with van der Waals surface area (Å²) in [6, 6.07) is 6.35. The lowest BCUT2D eigenvalue weighted by molar-refractivity contribution is -0.137. The van der Waals surface area contributed by atoms with E-state index in [4.69, 9.17) is 5.73 Å². The molecule has 2 saturated carbocycles. The van der Waals surface area contributed by atoms with Gasteiger partial charge < -0.3 is 16.0 Å². The van der Waals surface area contributed by atoms with Gasteiger partial charge in [-0.25, -0.2) is 18.4 Å². The number of carbonyl (C=O) groups is 1. The molecule has 194 valence electrons. The highest BCUT2D eigenvalue weighted by atomic mass is 32.2. The maximum Gasteiger partial charge on any atom is 0.420 e. The summed E-state index contributed by atoms with van der Waals surface area (Å²) in [7, 11) is -3.86. The number of alkyl halides is 3. The molecule has 2 fully saturated rings. The molecule has 3 aliphatic rings. The van der Waals surface area contributed by atoms with E-state index in [1.54, 1.807) is 12.1 Å². The molecular formula is C24H22F3N5O3S2. The van der Waals surface area contributed by atoms with Crippen molar-refractivity contribution in [2.45, 2.75) is 48.7 Å². The van der Waals surface area contributed by atoms with Gasteiger partial charge in [0.2, 0.25) is 5.95 Å². The van der Waals surface area contributed by atoms with Gasteiger partial charge in [0.1, 0.15) is 10.4 Å². The van der Waals surface area contributed by atoms with E-state index in [2.05, 4.69) is 15.3 Å². The lowest BCUT2D eigenvalue weighted by Gasteiger charge is -2.19. The van der Waals surface area contributed by atoms with Crippen molar-refractivity contribution in [3.05, 3.63) is 46.5 Å². The number of nitrogens with two attached hydrogens (primary N) is 1. The number of nitrogens with one attached hydrogen (secondary N) is 1. The van der Waals surface area contributed by atoms with Gasteiger partial charge >= 0.3 is 6.18 Å². The maximum absolute atomic E-state index is 14.0. The number of nitrogens with zero attached hydrogens (tertiary/aromatic N) is 3. The fourth-order valence-electron chi connectivity index (χ4n) is 4.55. The summed E-state index contributed by atoms with van der Waals surface area (Å²) >= 11 is 0.721. The SMILES string of the molecule is Nc1ccc(Nc2ncc(C(F)(F)F)c(-c3cc4c(s3)C(=O)N(C3CC3)CCS4(=O)=O)n2)c(C2CC2)c1. The zero-order valence-electron chi connectivity index (χ0n) is 19.4. The summed E-state index contributed by atoms with van der Waals surface area (Å²) in [5.74, 6) is -0.514. The number of thiophene rings is 1. The lowest BCUT2D eigenvalue weighted by atomic mass is 10.1. The number of carbonyl (C=O) groups excluding carboxylic acids is 1. The predicted octanol–water partition coefficient (Wildman–Crippen LogP) is 4.82. The van der Waals surface area contributed by atoms with Crippen molar-refractivity contribution in [2.75, 3.05) is 23.3 Å². The zero-order valence-corrected chi connectivity index (χ0v) is 21.0. The third-order valence-corrected chi connectivity index (χ3v) is 9.71. The molecule has 6 rings (SSSR count). The standard InChI is InChI=1S/C24H22F3N5O3S2/c25-24(26,27)16-11-29-23(30-17-6-3-13(28)9-15(17)12-1-2-12)31-20(16)18-10-19-21(36-18)22(33)32(14-4-5-14)7-8-37(19,34)35/h3,6,9-12,14H,1-2,4-5,7-8,28H2,(H,29,30,31). The number of anilines is 3. The molecule has 8 nitrogen and oxygen atoms in total. The Hall–Kier alpha value is -3.19. The first-order valence-electron chi connectivity index (χ1n) is 11.8. The van der Waals surface area contributed by atoms with E-state index in [9.17, 15) is 26.4 Å². The first-order valence-corrected chi connectivity index (χ1v) is 14.3. The minimum atomic E-state index is -4.79. The summed E-state index contributed by atoms with van der Waals surface area (Å²) in [5.41, 5.74) is 6.48. The molecule has 2 aromatic heterocycles. The Morgan fingerprint density at radius 3 is 2.57 bits per heavy atom. The summed E-state index contributed by atoms with van der Waals surface area (Å²) in [5, 5.41) is 3.00. The Labute approximate surface area is 214 Å². The number of hydrogen-bond donors (Lipinski definition) is 2. The molecule has 2 aliphatic carbocycles. The highest BCUT2D eigenvalue weighted by Gasteiger charge is 2.41. The molecule has 0 radical (unpaired) electrons. The van der Waals surface area contributed by atoms with Gasteiger partial charge in [0, 0.05) is 30.2 Å². The van der Waals surface area contributed by atoms with Crippen LogP contribution in [0.1, 0.15) is 52.4 Å². The monoisotopic (exact) mass is 549 g/mol. The van der Waals surface area contributed by atoms with E-state index in [1.807, 2.05) is 6.07 Å². The summed E-state index contributed by atoms with van der Waals surface area (Å²) in [4.78, 5) is 22.4. The van der Waals surface area contributed by atoms with Gasteiger partial charge in [0.25, 0.3) is 5.91 Å². The molecule has 0 spiro atoms. The van der Waals surface area contributed by atoms with Gasteiger partial charge in [0.05, 0.1) is 21.2 Å². The molecule has 0 atom stereocenters. The van der Waals surface area contributed by atoms with E-state index >= 15 is 0 Å². The largest absolute Gasteiger partial charge is 0.420 e. The highest BCUT2D eigenvalue weighted by molar-refractivity contribution is 7.91. The van der Waals surface area contributed by atoms with Crippen molar-refractivity contribution in [3.8, 4) is 10.6 Å². The molecule has 3 N–H and O–H groups in total. The third-order valence-electron chi connectivity index (χ3n) is 6.74. The van der Waals surface area contributed by atoms with Crippen LogP contribution in [0.2, 0.25) is 0 Å². The molecule has 3 heterocycles. The molecular weight excluding hydrogens is 527 g/mol. The quantitative estimate of drug-likeness (QED) is 0.438. The number of rotatable bonds is 5. The molecule has 3 aromatic rings. The molecule has 1 aromatic carbocycles. The van der Waals surface area contributed by atoms with Crippen molar-refractivity contribution in [2.24, 2.45) is 0 Å². The number of benzene rings is 1. The number of sulfone groups is 1. The average Bonchev–Trinajstić information content (AvgIpc) is 3.77. The zero-order chi connectivity index (χ0) is 26.1. The van der Waals surface area contributed by atoms with Crippen LogP contribution < -0.4 is 11.1 Å². The number of nitrogen functional groups attached to an aromatic ring is 1. The number of halogens is 3. The van der Waals surface area contributed by atoms with Gasteiger partial charge in [-0.05, 0) is 61.4 Å². The third kappa shape index (κ3) is 4.54. The number of fused-ring (bicyclic) bond motifs is 1. The van der Waals surface area contributed by atoms with Gasteiger partial charge in [-0.1, -0.05) is 0 Å². The van der Waals surface area contributed by atoms with Crippen LogP contribution in [-0.2, 0) is 16.0 Å².